The summed E-state index contributed by atoms with van der Waals surface area (Å²) < 4.78 is 9.45. The fraction of sp³-hybridized carbons (Fsp3) is 1.00. The Morgan fingerprint density at radius 3 is 2.23 bits per heavy atom. The molecular weight excluding hydrogens is 295 g/mol. The van der Waals surface area contributed by atoms with Crippen molar-refractivity contribution in [2.45, 2.75) is 30.7 Å². The third-order valence-electron chi connectivity index (χ3n) is 1.91. The lowest BCUT2D eigenvalue weighted by atomic mass is 10.00. The normalized spacial score (nSPS) is 46.4. The van der Waals surface area contributed by atoms with Crippen molar-refractivity contribution in [2.24, 2.45) is 0 Å². The molecule has 0 aliphatic carbocycles. The average Bonchev–Trinajstić information content (AvgIpc) is 2.11. The van der Waals surface area contributed by atoms with Crippen LogP contribution in [0.3, 0.4) is 0 Å². The summed E-state index contributed by atoms with van der Waals surface area (Å²) in [6.45, 7) is 0.0303. The summed E-state index contributed by atoms with van der Waals surface area (Å²) in [6.07, 6.45) is -6.48. The van der Waals surface area contributed by atoms with Crippen LogP contribution in [0.2, 0.25) is 0 Å². The molecule has 1 fully saturated rings. The zero-order valence-electron chi connectivity index (χ0n) is 6.58. The van der Waals surface area contributed by atoms with Crippen molar-refractivity contribution < 1.29 is 28.2 Å². The summed E-state index contributed by atoms with van der Waals surface area (Å²) in [5.41, 5.74) is 0. The van der Waals surface area contributed by atoms with E-state index in [0.29, 0.717) is 0 Å². The van der Waals surface area contributed by atoms with Crippen molar-refractivity contribution in [3.05, 3.63) is 0 Å². The van der Waals surface area contributed by atoms with Crippen LogP contribution in [0.5, 0.6) is 0 Å². The molecule has 0 aromatic rings. The minimum Gasteiger partial charge on any atom is -0.387 e. The van der Waals surface area contributed by atoms with Gasteiger partial charge in [0.15, 0.2) is 6.29 Å². The Morgan fingerprint density at radius 1 is 1.08 bits per heavy atom. The summed E-state index contributed by atoms with van der Waals surface area (Å²) >= 11 is 1.60. The van der Waals surface area contributed by atoms with Crippen molar-refractivity contribution in [3.8, 4) is 0 Å². The molecule has 1 aliphatic heterocycles. The van der Waals surface area contributed by atoms with Crippen LogP contribution in [0, 0.1) is 0 Å². The predicted molar refractivity (Wildman–Crippen MR) is 48.9 cm³/mol. The first-order valence-corrected chi connectivity index (χ1v) is 4.57. The van der Waals surface area contributed by atoms with Crippen molar-refractivity contribution in [1.82, 2.24) is 0 Å². The van der Waals surface area contributed by atoms with E-state index in [1.807, 2.05) is 0 Å². The number of hydrogen-bond acceptors (Lipinski definition) is 6. The summed E-state index contributed by atoms with van der Waals surface area (Å²) in [6, 6.07) is 0. The minimum atomic E-state index is -1.49. The molecule has 0 amide bonds. The fourth-order valence-electron chi connectivity index (χ4n) is 1.13. The third-order valence-corrected chi connectivity index (χ3v) is 2.27. The molecule has 0 radical (unpaired) electrons. The summed E-state index contributed by atoms with van der Waals surface area (Å²) in [7, 11) is 0. The lowest BCUT2D eigenvalue weighted by Crippen LogP contribution is -2.58. The van der Waals surface area contributed by atoms with Crippen LogP contribution in [0.4, 0.5) is 0 Å². The Hall–Kier alpha value is 0.490. The van der Waals surface area contributed by atoms with Gasteiger partial charge in [0.05, 0.1) is 6.61 Å². The van der Waals surface area contributed by atoms with E-state index >= 15 is 0 Å². The van der Waals surface area contributed by atoms with E-state index < -0.39 is 30.7 Å². The van der Waals surface area contributed by atoms with Crippen LogP contribution >= 0.6 is 23.0 Å². The van der Waals surface area contributed by atoms with E-state index in [9.17, 15) is 10.2 Å². The summed E-state index contributed by atoms with van der Waals surface area (Å²) in [5.74, 6) is 0. The summed E-state index contributed by atoms with van der Waals surface area (Å²) in [4.78, 5) is 0. The van der Waals surface area contributed by atoms with E-state index in [1.54, 1.807) is 23.0 Å². The number of aliphatic hydroxyl groups excluding tert-OH is 4. The molecule has 0 aromatic carbocycles. The van der Waals surface area contributed by atoms with Crippen molar-refractivity contribution in [3.63, 3.8) is 0 Å². The standard InChI is InChI=1S/C6H11IO6/c7-12-1-2-3(8)4(9)5(10)6(11)13-2/h2-6,8-11H,1H2/t2-,3-,4-,5+,6+/m1/s1. The average molecular weight is 306 g/mol. The SMILES string of the molecule is O[C@H]1[C@H](O)[C@@H](O)O[C@H](COI)[C@H]1O. The maximum absolute atomic E-state index is 9.33. The number of rotatable bonds is 2. The van der Waals surface area contributed by atoms with Crippen LogP contribution in [0.15, 0.2) is 0 Å². The van der Waals surface area contributed by atoms with Crippen molar-refractivity contribution in [2.75, 3.05) is 6.61 Å². The van der Waals surface area contributed by atoms with Crippen LogP contribution in [-0.2, 0) is 7.80 Å². The van der Waals surface area contributed by atoms with Gasteiger partial charge in [-0.05, 0) is 0 Å². The van der Waals surface area contributed by atoms with E-state index in [-0.39, 0.29) is 6.61 Å². The van der Waals surface area contributed by atoms with Crippen molar-refractivity contribution in [1.29, 1.82) is 0 Å². The van der Waals surface area contributed by atoms with Gasteiger partial charge in [0.25, 0.3) is 0 Å². The Labute approximate surface area is 88.8 Å². The monoisotopic (exact) mass is 306 g/mol. The molecule has 0 aromatic heterocycles. The van der Waals surface area contributed by atoms with Crippen LogP contribution < -0.4 is 0 Å². The zero-order valence-corrected chi connectivity index (χ0v) is 8.73. The first-order chi connectivity index (χ1) is 6.07. The van der Waals surface area contributed by atoms with Crippen LogP contribution in [0.25, 0.3) is 0 Å². The molecule has 1 rings (SSSR count). The maximum atomic E-state index is 9.33. The van der Waals surface area contributed by atoms with E-state index in [2.05, 4.69) is 3.07 Å². The van der Waals surface area contributed by atoms with E-state index in [0.717, 1.165) is 0 Å². The van der Waals surface area contributed by atoms with E-state index in [4.69, 9.17) is 14.9 Å². The Morgan fingerprint density at radius 2 is 1.69 bits per heavy atom. The molecule has 4 N–H and O–H groups in total. The second-order valence-electron chi connectivity index (χ2n) is 2.81. The molecular formula is C6H11IO6. The molecule has 1 heterocycles. The number of aliphatic hydroxyl groups is 4. The largest absolute Gasteiger partial charge is 0.387 e. The molecule has 6 nitrogen and oxygen atoms in total. The molecule has 0 bridgehead atoms. The predicted octanol–water partition coefficient (Wildman–Crippen LogP) is -1.85. The lowest BCUT2D eigenvalue weighted by Gasteiger charge is -2.37. The Bertz CT molecular complexity index is 167. The molecule has 1 aliphatic rings. The lowest BCUT2D eigenvalue weighted by molar-refractivity contribution is -0.284. The van der Waals surface area contributed by atoms with Gasteiger partial charge in [-0.2, -0.15) is 0 Å². The van der Waals surface area contributed by atoms with Gasteiger partial charge in [-0.15, -0.1) is 0 Å². The molecule has 1 saturated heterocycles. The maximum Gasteiger partial charge on any atom is 0.184 e. The highest BCUT2D eigenvalue weighted by Gasteiger charge is 2.42. The first kappa shape index (κ1) is 11.6. The molecule has 13 heavy (non-hydrogen) atoms. The molecule has 0 unspecified atom stereocenters. The van der Waals surface area contributed by atoms with Gasteiger partial charge < -0.3 is 28.2 Å². The first-order valence-electron chi connectivity index (χ1n) is 3.69. The smallest absolute Gasteiger partial charge is 0.184 e. The highest BCUT2D eigenvalue weighted by atomic mass is 127. The third kappa shape index (κ3) is 2.49. The van der Waals surface area contributed by atoms with Crippen LogP contribution in [-0.4, -0.2) is 57.7 Å². The van der Waals surface area contributed by atoms with Gasteiger partial charge in [-0.3, -0.25) is 0 Å². The zero-order chi connectivity index (χ0) is 10.0. The van der Waals surface area contributed by atoms with Gasteiger partial charge >= 0.3 is 0 Å². The van der Waals surface area contributed by atoms with Gasteiger partial charge in [0.2, 0.25) is 0 Å². The van der Waals surface area contributed by atoms with Gasteiger partial charge in [0, 0.05) is 0 Å². The number of halogens is 1. The molecule has 78 valence electrons. The highest BCUT2D eigenvalue weighted by Crippen LogP contribution is 2.20. The molecule has 0 saturated carbocycles. The number of ether oxygens (including phenoxy) is 1. The second kappa shape index (κ2) is 4.82. The van der Waals surface area contributed by atoms with Crippen molar-refractivity contribution >= 4 is 23.0 Å². The van der Waals surface area contributed by atoms with Gasteiger partial charge in [0.1, 0.15) is 47.4 Å². The minimum absolute atomic E-state index is 0.0303. The van der Waals surface area contributed by atoms with Crippen LogP contribution in [0.1, 0.15) is 0 Å². The molecule has 5 atom stereocenters. The quantitative estimate of drug-likeness (QED) is 0.447. The van der Waals surface area contributed by atoms with Gasteiger partial charge in [-0.1, -0.05) is 0 Å². The molecule has 0 spiro atoms. The number of hydrogen-bond donors (Lipinski definition) is 4. The highest BCUT2D eigenvalue weighted by molar-refractivity contribution is 14.1. The van der Waals surface area contributed by atoms with E-state index in [1.165, 1.54) is 0 Å². The summed E-state index contributed by atoms with van der Waals surface area (Å²) in [5, 5.41) is 36.7. The molecule has 7 heteroatoms. The Kier molecular flexibility index (Phi) is 4.29. The topological polar surface area (TPSA) is 99.4 Å². The van der Waals surface area contributed by atoms with Gasteiger partial charge in [-0.25, -0.2) is 0 Å². The fourth-order valence-corrected chi connectivity index (χ4v) is 1.49. The second-order valence-corrected chi connectivity index (χ2v) is 3.44. The Balaban J connectivity index is 2.59.